The summed E-state index contributed by atoms with van der Waals surface area (Å²) < 4.78 is 48.4. The molecule has 1 aliphatic rings. The van der Waals surface area contributed by atoms with Crippen LogP contribution in [0.15, 0.2) is 73.1 Å². The Morgan fingerprint density at radius 2 is 1.56 bits per heavy atom. The van der Waals surface area contributed by atoms with Crippen LogP contribution in [0.25, 0.3) is 0 Å². The number of nitrogens with zero attached hydrogens (tertiary/aromatic N) is 4. The summed E-state index contributed by atoms with van der Waals surface area (Å²) in [5.41, 5.74) is 1.18. The number of rotatable bonds is 14. The maximum atomic E-state index is 13.0. The Hall–Kier alpha value is -6.04. The standard InChI is InChI=1S/C33H31ClF3N9O6/c1-51-28(50)24(12-17-39-26(48)27(49)40-23-10-15-38-16-11-23)42-25(47)19-2-8-22(9-3-19)41-29-43-30(45-31(44-29)52-18-33(35,36)37)46-32(13-14-32)20-4-6-21(34)7-5-20/h2-11,15-16,24H,12-14,17-18H2,1H3,(H,39,48)(H,42,47)(H,38,40,49)(H2,41,43,44,45,46)/t24-/m0/s1. The van der Waals surface area contributed by atoms with Crippen molar-refractivity contribution in [3.05, 3.63) is 89.2 Å². The molecule has 15 nitrogen and oxygen atoms in total. The molecular weight excluding hydrogens is 711 g/mol. The molecule has 3 amide bonds. The highest BCUT2D eigenvalue weighted by Crippen LogP contribution is 2.48. The Morgan fingerprint density at radius 3 is 2.19 bits per heavy atom. The van der Waals surface area contributed by atoms with E-state index in [2.05, 4.69) is 46.5 Å². The van der Waals surface area contributed by atoms with Crippen molar-refractivity contribution < 1.29 is 41.8 Å². The third kappa shape index (κ3) is 10.5. The third-order valence-electron chi connectivity index (χ3n) is 7.53. The zero-order valence-electron chi connectivity index (χ0n) is 27.3. The van der Waals surface area contributed by atoms with Gasteiger partial charge in [0.25, 0.3) is 5.91 Å². The molecule has 5 N–H and O–H groups in total. The maximum absolute atomic E-state index is 13.0. The van der Waals surface area contributed by atoms with Crippen molar-refractivity contribution in [3.63, 3.8) is 0 Å². The van der Waals surface area contributed by atoms with Crippen molar-refractivity contribution >= 4 is 58.6 Å². The first-order chi connectivity index (χ1) is 24.8. The van der Waals surface area contributed by atoms with Crippen molar-refractivity contribution in [1.82, 2.24) is 30.6 Å². The molecule has 0 spiro atoms. The largest absolute Gasteiger partial charge is 0.467 e. The Labute approximate surface area is 299 Å². The number of nitrogens with one attached hydrogen (secondary N) is 5. The second-order valence-corrected chi connectivity index (χ2v) is 11.8. The number of esters is 1. The minimum absolute atomic E-state index is 0.0301. The molecule has 0 bridgehead atoms. The predicted molar refractivity (Wildman–Crippen MR) is 181 cm³/mol. The molecule has 4 aromatic rings. The van der Waals surface area contributed by atoms with Gasteiger partial charge in [0.05, 0.1) is 12.6 Å². The second-order valence-electron chi connectivity index (χ2n) is 11.4. The van der Waals surface area contributed by atoms with E-state index >= 15 is 0 Å². The van der Waals surface area contributed by atoms with Gasteiger partial charge >= 0.3 is 30.0 Å². The van der Waals surface area contributed by atoms with Crippen molar-refractivity contribution in [2.24, 2.45) is 0 Å². The lowest BCUT2D eigenvalue weighted by Gasteiger charge is -2.19. The van der Waals surface area contributed by atoms with Crippen molar-refractivity contribution in [2.45, 2.75) is 37.0 Å². The van der Waals surface area contributed by atoms with Gasteiger partial charge in [-0.2, -0.15) is 28.1 Å². The van der Waals surface area contributed by atoms with Crippen LogP contribution in [0.4, 0.5) is 36.4 Å². The summed E-state index contributed by atoms with van der Waals surface area (Å²) in [6.45, 7) is -1.77. The van der Waals surface area contributed by atoms with E-state index in [1.807, 2.05) is 12.1 Å². The zero-order chi connectivity index (χ0) is 37.3. The highest BCUT2D eigenvalue weighted by molar-refractivity contribution is 6.39. The molecular formula is C33H31ClF3N9O6. The number of alkyl halides is 3. The van der Waals surface area contributed by atoms with Gasteiger partial charge in [0.15, 0.2) is 6.61 Å². The Balaban J connectivity index is 1.21. The van der Waals surface area contributed by atoms with Gasteiger partial charge in [-0.05, 0) is 73.4 Å². The fourth-order valence-corrected chi connectivity index (χ4v) is 4.90. The molecule has 52 heavy (non-hydrogen) atoms. The summed E-state index contributed by atoms with van der Waals surface area (Å²) in [4.78, 5) is 65.9. The number of methoxy groups -OCH3 is 1. The van der Waals surface area contributed by atoms with Gasteiger partial charge in [-0.3, -0.25) is 19.4 Å². The molecule has 19 heteroatoms. The van der Waals surface area contributed by atoms with Crippen LogP contribution in [0, 0.1) is 0 Å². The number of hydrogen-bond acceptors (Lipinski definition) is 12. The monoisotopic (exact) mass is 741 g/mol. The highest BCUT2D eigenvalue weighted by atomic mass is 35.5. The summed E-state index contributed by atoms with van der Waals surface area (Å²) in [6, 6.07) is 14.2. The normalized spacial score (nSPS) is 13.6. The number of halogens is 4. The molecule has 0 radical (unpaired) electrons. The van der Waals surface area contributed by atoms with Crippen LogP contribution < -0.4 is 31.3 Å². The van der Waals surface area contributed by atoms with Gasteiger partial charge in [-0.1, -0.05) is 23.7 Å². The maximum Gasteiger partial charge on any atom is 0.422 e. The number of benzene rings is 2. The van der Waals surface area contributed by atoms with Crippen LogP contribution in [0.5, 0.6) is 6.01 Å². The minimum Gasteiger partial charge on any atom is -0.467 e. The Kier molecular flexibility index (Phi) is 11.7. The summed E-state index contributed by atoms with van der Waals surface area (Å²) in [5, 5.41) is 13.9. The fraction of sp³-hybridized carbons (Fsp3) is 0.273. The number of pyridine rings is 1. The van der Waals surface area contributed by atoms with E-state index in [-0.39, 0.29) is 30.4 Å². The van der Waals surface area contributed by atoms with Crippen LogP contribution in [-0.2, 0) is 24.7 Å². The van der Waals surface area contributed by atoms with Crippen LogP contribution in [-0.4, -0.2) is 76.1 Å². The van der Waals surface area contributed by atoms with Crippen LogP contribution >= 0.6 is 11.6 Å². The molecule has 1 aliphatic carbocycles. The molecule has 1 atom stereocenters. The van der Waals surface area contributed by atoms with Crippen LogP contribution in [0.1, 0.15) is 35.2 Å². The van der Waals surface area contributed by atoms with E-state index in [4.69, 9.17) is 21.1 Å². The molecule has 1 fully saturated rings. The van der Waals surface area contributed by atoms with E-state index in [0.717, 1.165) is 12.7 Å². The molecule has 2 aromatic carbocycles. The molecule has 2 aromatic heterocycles. The highest BCUT2D eigenvalue weighted by Gasteiger charge is 2.45. The van der Waals surface area contributed by atoms with E-state index in [9.17, 15) is 32.3 Å². The summed E-state index contributed by atoms with van der Waals surface area (Å²) >= 11 is 6.02. The lowest BCUT2D eigenvalue weighted by molar-refractivity contribution is -0.154. The van der Waals surface area contributed by atoms with Gasteiger partial charge in [-0.25, -0.2) is 4.79 Å². The van der Waals surface area contributed by atoms with E-state index in [1.165, 1.54) is 48.8 Å². The molecule has 0 aliphatic heterocycles. The van der Waals surface area contributed by atoms with E-state index in [0.29, 0.717) is 29.2 Å². The number of carbonyl (C=O) groups excluding carboxylic acids is 4. The lowest BCUT2D eigenvalue weighted by atomic mass is 10.1. The van der Waals surface area contributed by atoms with Gasteiger partial charge < -0.3 is 36.1 Å². The SMILES string of the molecule is COC(=O)[C@H](CCNC(=O)C(=O)Nc1ccncc1)NC(=O)c1ccc(Nc2nc(NC3(c4ccc(Cl)cc4)CC3)nc(OCC(F)(F)F)n2)cc1. The molecule has 2 heterocycles. The number of ether oxygens (including phenoxy) is 2. The quantitative estimate of drug-likeness (QED) is 0.0917. The number of carbonyl (C=O) groups is 4. The first-order valence-corrected chi connectivity index (χ1v) is 16.0. The summed E-state index contributed by atoms with van der Waals surface area (Å²) in [6.07, 6.45) is -0.436. The predicted octanol–water partition coefficient (Wildman–Crippen LogP) is 4.12. The van der Waals surface area contributed by atoms with Crippen molar-refractivity contribution in [3.8, 4) is 6.01 Å². The molecule has 0 unspecified atom stereocenters. The lowest BCUT2D eigenvalue weighted by Crippen LogP contribution is -2.44. The first kappa shape index (κ1) is 37.2. The van der Waals surface area contributed by atoms with Crippen LogP contribution in [0.2, 0.25) is 5.02 Å². The number of anilines is 4. The minimum atomic E-state index is -4.64. The summed E-state index contributed by atoms with van der Waals surface area (Å²) in [5.74, 6) is -3.50. The topological polar surface area (TPSA) is 198 Å². The molecule has 272 valence electrons. The average Bonchev–Trinajstić information content (AvgIpc) is 3.90. The fourth-order valence-electron chi connectivity index (χ4n) is 4.77. The molecule has 5 rings (SSSR count). The van der Waals surface area contributed by atoms with Crippen molar-refractivity contribution in [1.29, 1.82) is 0 Å². The third-order valence-corrected chi connectivity index (χ3v) is 7.79. The smallest absolute Gasteiger partial charge is 0.422 e. The number of aromatic nitrogens is 4. The average molecular weight is 742 g/mol. The second kappa shape index (κ2) is 16.3. The van der Waals surface area contributed by atoms with Gasteiger partial charge in [0, 0.05) is 40.9 Å². The Morgan fingerprint density at radius 1 is 0.885 bits per heavy atom. The van der Waals surface area contributed by atoms with Gasteiger partial charge in [-0.15, -0.1) is 0 Å². The Bertz CT molecular complexity index is 1900. The zero-order valence-corrected chi connectivity index (χ0v) is 28.0. The van der Waals surface area contributed by atoms with Gasteiger partial charge in [0.2, 0.25) is 11.9 Å². The van der Waals surface area contributed by atoms with E-state index < -0.39 is 54.1 Å². The first-order valence-electron chi connectivity index (χ1n) is 15.6. The van der Waals surface area contributed by atoms with Crippen LogP contribution in [0.3, 0.4) is 0 Å². The van der Waals surface area contributed by atoms with Gasteiger partial charge in [0.1, 0.15) is 6.04 Å². The number of amides is 3. The molecule has 1 saturated carbocycles. The number of hydrogen-bond donors (Lipinski definition) is 5. The summed E-state index contributed by atoms with van der Waals surface area (Å²) in [7, 11) is 1.13. The van der Waals surface area contributed by atoms with Crippen molar-refractivity contribution in [2.75, 3.05) is 36.2 Å². The van der Waals surface area contributed by atoms with E-state index in [1.54, 1.807) is 12.1 Å². The molecule has 0 saturated heterocycles.